The van der Waals surface area contributed by atoms with Crippen LogP contribution in [0.1, 0.15) is 36.8 Å². The number of rotatable bonds is 1. The van der Waals surface area contributed by atoms with E-state index in [2.05, 4.69) is 22.2 Å². The van der Waals surface area contributed by atoms with E-state index >= 15 is 0 Å². The molecule has 2 aliphatic rings. The van der Waals surface area contributed by atoms with Crippen molar-refractivity contribution in [3.63, 3.8) is 0 Å². The predicted molar refractivity (Wildman–Crippen MR) is 56.9 cm³/mol. The Hall–Kier alpha value is -1.16. The summed E-state index contributed by atoms with van der Waals surface area (Å²) in [5, 5.41) is 3.25. The molecular formula is C11H15N3O. The molecule has 0 radical (unpaired) electrons. The van der Waals surface area contributed by atoms with Crippen molar-refractivity contribution in [1.29, 1.82) is 0 Å². The van der Waals surface area contributed by atoms with E-state index in [1.807, 2.05) is 0 Å². The van der Waals surface area contributed by atoms with Gasteiger partial charge in [-0.2, -0.15) is 0 Å². The average molecular weight is 205 g/mol. The van der Waals surface area contributed by atoms with Gasteiger partial charge in [-0.05, 0) is 25.8 Å². The summed E-state index contributed by atoms with van der Waals surface area (Å²) >= 11 is 0. The van der Waals surface area contributed by atoms with Crippen LogP contribution < -0.4 is 10.9 Å². The van der Waals surface area contributed by atoms with E-state index in [-0.39, 0.29) is 11.0 Å². The van der Waals surface area contributed by atoms with E-state index in [9.17, 15) is 4.79 Å². The summed E-state index contributed by atoms with van der Waals surface area (Å²) in [6, 6.07) is 0. The maximum absolute atomic E-state index is 11.8. The first-order valence-electron chi connectivity index (χ1n) is 5.52. The molecule has 1 aromatic heterocycles. The highest BCUT2D eigenvalue weighted by atomic mass is 16.1. The summed E-state index contributed by atoms with van der Waals surface area (Å²) in [7, 11) is 0. The van der Waals surface area contributed by atoms with Crippen molar-refractivity contribution in [1.82, 2.24) is 15.3 Å². The number of hydrogen-bond acceptors (Lipinski definition) is 3. The lowest BCUT2D eigenvalue weighted by Crippen LogP contribution is -2.32. The second-order valence-corrected chi connectivity index (χ2v) is 4.83. The molecule has 0 unspecified atom stereocenters. The summed E-state index contributed by atoms with van der Waals surface area (Å²) in [6.07, 6.45) is 3.08. The van der Waals surface area contributed by atoms with Gasteiger partial charge in [-0.15, -0.1) is 0 Å². The quantitative estimate of drug-likeness (QED) is 0.700. The van der Waals surface area contributed by atoms with Gasteiger partial charge in [-0.3, -0.25) is 4.79 Å². The first-order chi connectivity index (χ1) is 7.19. The van der Waals surface area contributed by atoms with Crippen molar-refractivity contribution in [3.8, 4) is 0 Å². The summed E-state index contributed by atoms with van der Waals surface area (Å²) in [5.41, 5.74) is 2.05. The number of H-pyrrole nitrogens is 1. The van der Waals surface area contributed by atoms with Gasteiger partial charge in [0.25, 0.3) is 5.56 Å². The Bertz CT molecular complexity index is 459. The van der Waals surface area contributed by atoms with Crippen LogP contribution >= 0.6 is 0 Å². The molecule has 1 aliphatic heterocycles. The topological polar surface area (TPSA) is 57.8 Å². The van der Waals surface area contributed by atoms with Gasteiger partial charge in [0.05, 0.1) is 5.69 Å². The van der Waals surface area contributed by atoms with Crippen LogP contribution in [0.5, 0.6) is 0 Å². The minimum atomic E-state index is 0.0737. The number of nitrogens with one attached hydrogen (secondary N) is 2. The van der Waals surface area contributed by atoms with Crippen LogP contribution in [0.15, 0.2) is 4.79 Å². The van der Waals surface area contributed by atoms with Gasteiger partial charge in [0.2, 0.25) is 0 Å². The molecule has 0 amide bonds. The van der Waals surface area contributed by atoms with Crippen LogP contribution in [-0.2, 0) is 18.4 Å². The average Bonchev–Trinajstić information content (AvgIpc) is 2.98. The molecule has 1 fully saturated rings. The molecule has 0 spiro atoms. The molecule has 1 aromatic rings. The zero-order valence-electron chi connectivity index (χ0n) is 8.89. The maximum atomic E-state index is 11.8. The third-order valence-electron chi connectivity index (χ3n) is 3.52. The third kappa shape index (κ3) is 1.40. The van der Waals surface area contributed by atoms with E-state index < -0.39 is 0 Å². The molecule has 0 aromatic carbocycles. The first-order valence-corrected chi connectivity index (χ1v) is 5.52. The molecule has 15 heavy (non-hydrogen) atoms. The second kappa shape index (κ2) is 2.92. The monoisotopic (exact) mass is 205 g/mol. The maximum Gasteiger partial charge on any atom is 0.254 e. The van der Waals surface area contributed by atoms with E-state index in [0.717, 1.165) is 49.4 Å². The van der Waals surface area contributed by atoms with E-state index in [0.29, 0.717) is 0 Å². The lowest BCUT2D eigenvalue weighted by Gasteiger charge is -2.17. The molecule has 0 bridgehead atoms. The summed E-state index contributed by atoms with van der Waals surface area (Å²) in [5.74, 6) is 0.884. The van der Waals surface area contributed by atoms with E-state index in [4.69, 9.17) is 0 Å². The molecule has 1 saturated carbocycles. The molecule has 3 rings (SSSR count). The Balaban J connectivity index is 2.13. The van der Waals surface area contributed by atoms with Crippen LogP contribution in [0.25, 0.3) is 0 Å². The fourth-order valence-corrected chi connectivity index (χ4v) is 2.08. The van der Waals surface area contributed by atoms with Crippen LogP contribution in [0.4, 0.5) is 0 Å². The van der Waals surface area contributed by atoms with Gasteiger partial charge in [-0.25, -0.2) is 4.98 Å². The van der Waals surface area contributed by atoms with Crippen molar-refractivity contribution in [3.05, 3.63) is 27.4 Å². The zero-order valence-corrected chi connectivity index (χ0v) is 8.89. The first kappa shape index (κ1) is 9.09. The van der Waals surface area contributed by atoms with Gasteiger partial charge in [0.15, 0.2) is 0 Å². The number of nitrogens with zero attached hydrogens (tertiary/aromatic N) is 1. The molecule has 4 nitrogen and oxygen atoms in total. The molecule has 4 heteroatoms. The lowest BCUT2D eigenvalue weighted by molar-refractivity contribution is 0.596. The number of aromatic amines is 1. The zero-order chi connectivity index (χ0) is 10.5. The number of aromatic nitrogens is 2. The second-order valence-electron chi connectivity index (χ2n) is 4.83. The van der Waals surface area contributed by atoms with E-state index in [1.165, 1.54) is 0 Å². The Morgan fingerprint density at radius 3 is 2.93 bits per heavy atom. The Morgan fingerprint density at radius 1 is 1.40 bits per heavy atom. The lowest BCUT2D eigenvalue weighted by atomic mass is 10.1. The highest BCUT2D eigenvalue weighted by Crippen LogP contribution is 2.45. The largest absolute Gasteiger partial charge is 0.311 e. The van der Waals surface area contributed by atoms with Crippen molar-refractivity contribution >= 4 is 0 Å². The standard InChI is InChI=1S/C11H15N3O/c1-11(3-4-11)10-13-8-6-12-5-2-7(8)9(15)14-10/h12H,2-6H2,1H3,(H,13,14,15). The van der Waals surface area contributed by atoms with E-state index in [1.54, 1.807) is 0 Å². The van der Waals surface area contributed by atoms with Crippen molar-refractivity contribution in [2.45, 2.75) is 38.1 Å². The van der Waals surface area contributed by atoms with Crippen molar-refractivity contribution in [2.24, 2.45) is 0 Å². The number of hydrogen-bond donors (Lipinski definition) is 2. The molecular weight excluding hydrogens is 190 g/mol. The van der Waals surface area contributed by atoms with Crippen LogP contribution in [0.2, 0.25) is 0 Å². The van der Waals surface area contributed by atoms with Gasteiger partial charge in [-0.1, -0.05) is 6.92 Å². The van der Waals surface area contributed by atoms with Gasteiger partial charge in [0, 0.05) is 17.5 Å². The fraction of sp³-hybridized carbons (Fsp3) is 0.636. The Morgan fingerprint density at radius 2 is 2.20 bits per heavy atom. The predicted octanol–water partition coefficient (Wildman–Crippen LogP) is 0.467. The summed E-state index contributed by atoms with van der Waals surface area (Å²) < 4.78 is 0. The van der Waals surface area contributed by atoms with Crippen LogP contribution in [-0.4, -0.2) is 16.5 Å². The molecule has 0 saturated heterocycles. The molecule has 0 atom stereocenters. The summed E-state index contributed by atoms with van der Waals surface area (Å²) in [4.78, 5) is 19.4. The van der Waals surface area contributed by atoms with Crippen LogP contribution in [0.3, 0.4) is 0 Å². The molecule has 2 N–H and O–H groups in total. The van der Waals surface area contributed by atoms with Crippen LogP contribution in [0, 0.1) is 0 Å². The van der Waals surface area contributed by atoms with Gasteiger partial charge >= 0.3 is 0 Å². The molecule has 1 aliphatic carbocycles. The Kier molecular flexibility index (Phi) is 1.77. The SMILES string of the molecule is CC1(c2nc3c(c(=O)[nH]2)CCNC3)CC1. The third-order valence-corrected chi connectivity index (χ3v) is 3.52. The Labute approximate surface area is 88.1 Å². The molecule has 80 valence electrons. The minimum absolute atomic E-state index is 0.0737. The normalized spacial score (nSPS) is 22.2. The van der Waals surface area contributed by atoms with Crippen molar-refractivity contribution < 1.29 is 0 Å². The number of fused-ring (bicyclic) bond motifs is 1. The summed E-state index contributed by atoms with van der Waals surface area (Å²) in [6.45, 7) is 3.78. The molecule has 2 heterocycles. The highest BCUT2D eigenvalue weighted by Gasteiger charge is 2.42. The fourth-order valence-electron chi connectivity index (χ4n) is 2.08. The van der Waals surface area contributed by atoms with Gasteiger partial charge in [0.1, 0.15) is 5.82 Å². The smallest absolute Gasteiger partial charge is 0.254 e. The highest BCUT2D eigenvalue weighted by molar-refractivity contribution is 5.25. The van der Waals surface area contributed by atoms with Crippen molar-refractivity contribution in [2.75, 3.05) is 6.54 Å². The minimum Gasteiger partial charge on any atom is -0.311 e. The van der Waals surface area contributed by atoms with Gasteiger partial charge < -0.3 is 10.3 Å².